The molecular formula is C18H17NS. The number of rotatable bonds is 0. The second-order valence-electron chi connectivity index (χ2n) is 5.32. The lowest BCUT2D eigenvalue weighted by atomic mass is 9.88. The minimum absolute atomic E-state index is 1.11. The molecule has 2 aromatic rings. The summed E-state index contributed by atoms with van der Waals surface area (Å²) in [6.45, 7) is 2.21. The topological polar surface area (TPSA) is 12.0 Å². The summed E-state index contributed by atoms with van der Waals surface area (Å²) in [4.78, 5) is 2.79. The predicted molar refractivity (Wildman–Crippen MR) is 85.1 cm³/mol. The van der Waals surface area contributed by atoms with Crippen LogP contribution >= 0.6 is 11.8 Å². The Balaban J connectivity index is 1.97. The van der Waals surface area contributed by atoms with Crippen LogP contribution in [0.3, 0.4) is 0 Å². The van der Waals surface area contributed by atoms with Crippen LogP contribution in [0.25, 0.3) is 5.57 Å². The quantitative estimate of drug-likeness (QED) is 0.657. The van der Waals surface area contributed by atoms with E-state index in [1.807, 2.05) is 11.8 Å². The minimum atomic E-state index is 1.11. The fraction of sp³-hybridized carbons (Fsp3) is 0.222. The maximum Gasteiger partial charge on any atom is 0.0201 e. The number of piperidine rings is 1. The van der Waals surface area contributed by atoms with E-state index in [1.54, 1.807) is 5.57 Å². The number of hydrogen-bond donors (Lipinski definition) is 1. The van der Waals surface area contributed by atoms with Crippen molar-refractivity contribution < 1.29 is 0 Å². The summed E-state index contributed by atoms with van der Waals surface area (Å²) in [6, 6.07) is 17.7. The maximum atomic E-state index is 3.46. The van der Waals surface area contributed by atoms with Crippen LogP contribution in [0.5, 0.6) is 0 Å². The molecule has 2 heteroatoms. The smallest absolute Gasteiger partial charge is 0.0201 e. The molecule has 20 heavy (non-hydrogen) atoms. The van der Waals surface area contributed by atoms with Crippen LogP contribution in [0.2, 0.25) is 0 Å². The van der Waals surface area contributed by atoms with E-state index in [0.29, 0.717) is 0 Å². The predicted octanol–water partition coefficient (Wildman–Crippen LogP) is 4.34. The van der Waals surface area contributed by atoms with Crippen LogP contribution in [-0.2, 0) is 0 Å². The van der Waals surface area contributed by atoms with Crippen LogP contribution in [0.4, 0.5) is 0 Å². The molecule has 2 aromatic carbocycles. The fourth-order valence-corrected chi connectivity index (χ4v) is 4.24. The first-order valence-electron chi connectivity index (χ1n) is 7.23. The van der Waals surface area contributed by atoms with E-state index >= 15 is 0 Å². The molecule has 0 spiro atoms. The third-order valence-electron chi connectivity index (χ3n) is 4.09. The third-order valence-corrected chi connectivity index (χ3v) is 5.25. The van der Waals surface area contributed by atoms with Crippen molar-refractivity contribution in [1.82, 2.24) is 5.32 Å². The highest BCUT2D eigenvalue weighted by molar-refractivity contribution is 7.99. The molecule has 1 saturated heterocycles. The van der Waals surface area contributed by atoms with Gasteiger partial charge in [0, 0.05) is 9.79 Å². The van der Waals surface area contributed by atoms with E-state index in [1.165, 1.54) is 39.3 Å². The molecule has 2 heterocycles. The minimum Gasteiger partial charge on any atom is -0.316 e. The van der Waals surface area contributed by atoms with E-state index in [-0.39, 0.29) is 0 Å². The number of nitrogens with one attached hydrogen (secondary N) is 1. The number of fused-ring (bicyclic) bond motifs is 2. The van der Waals surface area contributed by atoms with Gasteiger partial charge in [-0.05, 0) is 54.8 Å². The number of benzene rings is 2. The maximum absolute atomic E-state index is 3.46. The van der Waals surface area contributed by atoms with Crippen LogP contribution in [0.15, 0.2) is 63.9 Å². The van der Waals surface area contributed by atoms with Gasteiger partial charge in [-0.3, -0.25) is 0 Å². The molecule has 0 aliphatic carbocycles. The average Bonchev–Trinajstić information content (AvgIpc) is 2.53. The Kier molecular flexibility index (Phi) is 3.13. The Morgan fingerprint density at radius 2 is 1.30 bits per heavy atom. The molecular weight excluding hydrogens is 262 g/mol. The molecule has 2 aliphatic rings. The summed E-state index contributed by atoms with van der Waals surface area (Å²) in [5.41, 5.74) is 5.96. The van der Waals surface area contributed by atoms with Gasteiger partial charge in [0.2, 0.25) is 0 Å². The van der Waals surface area contributed by atoms with Gasteiger partial charge in [0.25, 0.3) is 0 Å². The fourth-order valence-electron chi connectivity index (χ4n) is 3.15. The van der Waals surface area contributed by atoms with E-state index in [0.717, 1.165) is 13.1 Å². The molecule has 0 unspecified atom stereocenters. The monoisotopic (exact) mass is 279 g/mol. The van der Waals surface area contributed by atoms with Crippen molar-refractivity contribution in [2.45, 2.75) is 22.6 Å². The van der Waals surface area contributed by atoms with Crippen LogP contribution < -0.4 is 5.32 Å². The molecule has 4 rings (SSSR count). The van der Waals surface area contributed by atoms with Crippen molar-refractivity contribution in [1.29, 1.82) is 0 Å². The summed E-state index contributed by atoms with van der Waals surface area (Å²) >= 11 is 1.90. The largest absolute Gasteiger partial charge is 0.316 e. The van der Waals surface area contributed by atoms with Crippen molar-refractivity contribution >= 4 is 17.3 Å². The highest BCUT2D eigenvalue weighted by Crippen LogP contribution is 2.47. The van der Waals surface area contributed by atoms with Crippen molar-refractivity contribution in [2.24, 2.45) is 0 Å². The molecule has 0 radical (unpaired) electrons. The third kappa shape index (κ3) is 2.00. The number of hydrogen-bond acceptors (Lipinski definition) is 2. The molecule has 1 nitrogen and oxygen atoms in total. The Labute approximate surface area is 124 Å². The van der Waals surface area contributed by atoms with E-state index in [9.17, 15) is 0 Å². The van der Waals surface area contributed by atoms with Gasteiger partial charge in [0.1, 0.15) is 0 Å². The second kappa shape index (κ2) is 5.12. The molecule has 0 saturated carbocycles. The van der Waals surface area contributed by atoms with Gasteiger partial charge in [-0.15, -0.1) is 0 Å². The molecule has 0 aromatic heterocycles. The van der Waals surface area contributed by atoms with E-state index in [2.05, 4.69) is 53.8 Å². The lowest BCUT2D eigenvalue weighted by Crippen LogP contribution is -2.24. The lowest BCUT2D eigenvalue weighted by molar-refractivity contribution is 0.611. The SMILES string of the molecule is c1ccc2c(c1)Sc1ccccc1C2=C1CCNCC1. The highest BCUT2D eigenvalue weighted by Gasteiger charge is 2.23. The lowest BCUT2D eigenvalue weighted by Gasteiger charge is -2.27. The highest BCUT2D eigenvalue weighted by atomic mass is 32.2. The summed E-state index contributed by atoms with van der Waals surface area (Å²) < 4.78 is 0. The Morgan fingerprint density at radius 1 is 0.750 bits per heavy atom. The molecule has 2 aliphatic heterocycles. The Bertz CT molecular complexity index is 632. The van der Waals surface area contributed by atoms with Crippen LogP contribution in [-0.4, -0.2) is 13.1 Å². The summed E-state index contributed by atoms with van der Waals surface area (Å²) in [5, 5.41) is 3.46. The first kappa shape index (κ1) is 12.2. The zero-order valence-electron chi connectivity index (χ0n) is 11.4. The van der Waals surface area contributed by atoms with Crippen LogP contribution in [0, 0.1) is 0 Å². The molecule has 0 bridgehead atoms. The van der Waals surface area contributed by atoms with Gasteiger partial charge >= 0.3 is 0 Å². The van der Waals surface area contributed by atoms with E-state index < -0.39 is 0 Å². The van der Waals surface area contributed by atoms with Crippen molar-refractivity contribution in [2.75, 3.05) is 13.1 Å². The van der Waals surface area contributed by atoms with Gasteiger partial charge in [-0.2, -0.15) is 0 Å². The molecule has 1 fully saturated rings. The molecule has 100 valence electrons. The van der Waals surface area contributed by atoms with Crippen molar-refractivity contribution in [3.05, 3.63) is 65.2 Å². The van der Waals surface area contributed by atoms with Gasteiger partial charge < -0.3 is 5.32 Å². The van der Waals surface area contributed by atoms with E-state index in [4.69, 9.17) is 0 Å². The second-order valence-corrected chi connectivity index (χ2v) is 6.41. The zero-order chi connectivity index (χ0) is 13.4. The Morgan fingerprint density at radius 3 is 1.90 bits per heavy atom. The Hall–Kier alpha value is -1.51. The molecule has 0 atom stereocenters. The standard InChI is InChI=1S/C18H17NS/c1-3-7-16-14(5-1)18(13-9-11-19-12-10-13)15-6-2-4-8-17(15)20-16/h1-8,19H,9-12H2. The van der Waals surface area contributed by atoms with Gasteiger partial charge in [-0.1, -0.05) is 53.7 Å². The summed E-state index contributed by atoms with van der Waals surface area (Å²) in [7, 11) is 0. The van der Waals surface area contributed by atoms with Crippen molar-refractivity contribution in [3.63, 3.8) is 0 Å². The first-order valence-corrected chi connectivity index (χ1v) is 8.04. The average molecular weight is 279 g/mol. The summed E-state index contributed by atoms with van der Waals surface area (Å²) in [5.74, 6) is 0. The van der Waals surface area contributed by atoms with Crippen molar-refractivity contribution in [3.8, 4) is 0 Å². The summed E-state index contributed by atoms with van der Waals surface area (Å²) in [6.07, 6.45) is 2.34. The normalized spacial score (nSPS) is 17.6. The zero-order valence-corrected chi connectivity index (χ0v) is 12.2. The molecule has 0 amide bonds. The van der Waals surface area contributed by atoms with Crippen LogP contribution in [0.1, 0.15) is 24.0 Å². The van der Waals surface area contributed by atoms with Gasteiger partial charge in [0.15, 0.2) is 0 Å². The first-order chi connectivity index (χ1) is 9.93. The van der Waals surface area contributed by atoms with Gasteiger partial charge in [-0.25, -0.2) is 0 Å². The van der Waals surface area contributed by atoms with Gasteiger partial charge in [0.05, 0.1) is 0 Å². The molecule has 1 N–H and O–H groups in total.